The molecule has 0 unspecified atom stereocenters. The average molecular weight is 375 g/mol. The molecule has 0 amide bonds. The fourth-order valence-electron chi connectivity index (χ4n) is 3.07. The molecule has 0 aliphatic carbocycles. The minimum atomic E-state index is -2.98. The van der Waals surface area contributed by atoms with E-state index in [9.17, 15) is 8.42 Å². The zero-order valence-electron chi connectivity index (χ0n) is 11.0. The smallest absolute Gasteiger partial charge is 0.176 e. The van der Waals surface area contributed by atoms with Crippen LogP contribution in [-0.4, -0.2) is 48.6 Å². The van der Waals surface area contributed by atoms with Gasteiger partial charge in [0, 0.05) is 16.7 Å². The van der Waals surface area contributed by atoms with Crippen molar-refractivity contribution in [3.05, 3.63) is 28.7 Å². The van der Waals surface area contributed by atoms with E-state index in [1.165, 1.54) is 0 Å². The molecule has 2 aliphatic heterocycles. The van der Waals surface area contributed by atoms with E-state index in [2.05, 4.69) is 15.9 Å². The van der Waals surface area contributed by atoms with Crippen molar-refractivity contribution in [1.82, 2.24) is 4.90 Å². The Balaban J connectivity index is 2.04. The third kappa shape index (κ3) is 2.25. The number of thiocarbonyl (C=S) groups is 1. The third-order valence-corrected chi connectivity index (χ3v) is 6.53. The van der Waals surface area contributed by atoms with Gasteiger partial charge in [0.25, 0.3) is 0 Å². The van der Waals surface area contributed by atoms with Gasteiger partial charge in [-0.3, -0.25) is 0 Å². The van der Waals surface area contributed by atoms with Gasteiger partial charge in [0.2, 0.25) is 0 Å². The number of rotatable bonds is 2. The molecule has 0 saturated carbocycles. The minimum absolute atomic E-state index is 0.0171. The molecule has 2 aliphatic rings. The normalized spacial score (nSPS) is 28.0. The lowest BCUT2D eigenvalue weighted by Crippen LogP contribution is -2.37. The van der Waals surface area contributed by atoms with Gasteiger partial charge in [-0.1, -0.05) is 22.0 Å². The molecule has 0 N–H and O–H groups in total. The molecule has 1 aromatic rings. The first kappa shape index (κ1) is 14.3. The van der Waals surface area contributed by atoms with E-state index >= 15 is 0 Å². The van der Waals surface area contributed by atoms with E-state index < -0.39 is 9.84 Å². The molecule has 0 spiro atoms. The zero-order valence-corrected chi connectivity index (χ0v) is 14.2. The molecule has 2 fully saturated rings. The second-order valence-electron chi connectivity index (χ2n) is 5.13. The Hall–Kier alpha value is -0.660. The standard InChI is InChI=1S/C13H15BrN2O2S2/c1-2-15-11-7-20(17,18)8-12(11)16(13(15)19)10-5-3-4-9(14)6-10/h3-6,11-12H,2,7-8H2,1H3/t11-,12-/m1/s1. The molecule has 7 heteroatoms. The van der Waals surface area contributed by atoms with Gasteiger partial charge in [0.05, 0.1) is 23.6 Å². The Morgan fingerprint density at radius 2 is 2.05 bits per heavy atom. The highest BCUT2D eigenvalue weighted by Gasteiger charge is 2.51. The number of benzene rings is 1. The number of anilines is 1. The van der Waals surface area contributed by atoms with Gasteiger partial charge in [-0.15, -0.1) is 0 Å². The predicted octanol–water partition coefficient (Wildman–Crippen LogP) is 2.04. The Morgan fingerprint density at radius 3 is 2.70 bits per heavy atom. The van der Waals surface area contributed by atoms with Crippen LogP contribution in [0.3, 0.4) is 0 Å². The number of likely N-dealkylation sites (N-methyl/N-ethyl adjacent to an activating group) is 1. The molecule has 2 saturated heterocycles. The highest BCUT2D eigenvalue weighted by atomic mass is 79.9. The maximum Gasteiger partial charge on any atom is 0.176 e. The lowest BCUT2D eigenvalue weighted by molar-refractivity contribution is 0.373. The van der Waals surface area contributed by atoms with Crippen molar-refractivity contribution in [1.29, 1.82) is 0 Å². The van der Waals surface area contributed by atoms with Gasteiger partial charge in [-0.05, 0) is 37.3 Å². The molecular formula is C13H15BrN2O2S2. The molecule has 4 nitrogen and oxygen atoms in total. The molecule has 0 bridgehead atoms. The van der Waals surface area contributed by atoms with Crippen molar-refractivity contribution < 1.29 is 8.42 Å². The molecular weight excluding hydrogens is 360 g/mol. The summed E-state index contributed by atoms with van der Waals surface area (Å²) < 4.78 is 24.9. The summed E-state index contributed by atoms with van der Waals surface area (Å²) in [7, 11) is -2.98. The van der Waals surface area contributed by atoms with Gasteiger partial charge < -0.3 is 9.80 Å². The van der Waals surface area contributed by atoms with E-state index in [-0.39, 0.29) is 23.6 Å². The van der Waals surface area contributed by atoms with E-state index in [0.29, 0.717) is 0 Å². The predicted molar refractivity (Wildman–Crippen MR) is 87.8 cm³/mol. The van der Waals surface area contributed by atoms with E-state index in [4.69, 9.17) is 12.2 Å². The lowest BCUT2D eigenvalue weighted by atomic mass is 10.1. The second-order valence-corrected chi connectivity index (χ2v) is 8.56. The number of hydrogen-bond donors (Lipinski definition) is 0. The summed E-state index contributed by atoms with van der Waals surface area (Å²) in [5.74, 6) is 0.386. The largest absolute Gasteiger partial charge is 0.343 e. The number of hydrogen-bond acceptors (Lipinski definition) is 3. The second kappa shape index (κ2) is 4.96. The van der Waals surface area contributed by atoms with Crippen LogP contribution >= 0.6 is 28.1 Å². The third-order valence-electron chi connectivity index (χ3n) is 3.90. The number of fused-ring (bicyclic) bond motifs is 1. The van der Waals surface area contributed by atoms with Crippen molar-refractivity contribution >= 4 is 48.8 Å². The molecule has 0 radical (unpaired) electrons. The summed E-state index contributed by atoms with van der Waals surface area (Å²) in [6, 6.07) is 7.75. The Kier molecular flexibility index (Phi) is 3.54. The molecule has 108 valence electrons. The first-order valence-corrected chi connectivity index (χ1v) is 9.51. The Bertz CT molecular complexity index is 662. The molecule has 0 aromatic heterocycles. The van der Waals surface area contributed by atoms with Gasteiger partial charge in [0.1, 0.15) is 0 Å². The summed E-state index contributed by atoms with van der Waals surface area (Å²) in [4.78, 5) is 4.03. The number of nitrogens with zero attached hydrogens (tertiary/aromatic N) is 2. The zero-order chi connectivity index (χ0) is 14.5. The van der Waals surface area contributed by atoms with Crippen LogP contribution in [0.5, 0.6) is 0 Å². The summed E-state index contributed by atoms with van der Waals surface area (Å²) >= 11 is 9.01. The molecule has 2 atom stereocenters. The van der Waals surface area contributed by atoms with Crippen LogP contribution in [-0.2, 0) is 9.84 Å². The van der Waals surface area contributed by atoms with Gasteiger partial charge in [0.15, 0.2) is 14.9 Å². The van der Waals surface area contributed by atoms with E-state index in [0.717, 1.165) is 21.8 Å². The van der Waals surface area contributed by atoms with Crippen molar-refractivity contribution in [3.8, 4) is 0 Å². The summed E-state index contributed by atoms with van der Waals surface area (Å²) in [6.45, 7) is 2.75. The SMILES string of the molecule is CCN1C(=S)N(c2cccc(Br)c2)[C@@H]2CS(=O)(=O)C[C@H]21. The molecule has 20 heavy (non-hydrogen) atoms. The number of sulfone groups is 1. The van der Waals surface area contributed by atoms with Crippen LogP contribution in [0.25, 0.3) is 0 Å². The molecule has 1 aromatic carbocycles. The summed E-state index contributed by atoms with van der Waals surface area (Å²) in [6.07, 6.45) is 0. The number of halogens is 1. The maximum atomic E-state index is 12.0. The highest BCUT2D eigenvalue weighted by molar-refractivity contribution is 9.10. The van der Waals surface area contributed by atoms with Crippen molar-refractivity contribution in [3.63, 3.8) is 0 Å². The first-order valence-electron chi connectivity index (χ1n) is 6.49. The maximum absolute atomic E-state index is 12.0. The van der Waals surface area contributed by atoms with Gasteiger partial charge in [-0.2, -0.15) is 0 Å². The van der Waals surface area contributed by atoms with Crippen LogP contribution in [0.4, 0.5) is 5.69 Å². The monoisotopic (exact) mass is 374 g/mol. The quantitative estimate of drug-likeness (QED) is 0.740. The summed E-state index contributed by atoms with van der Waals surface area (Å²) in [5.41, 5.74) is 0.951. The summed E-state index contributed by atoms with van der Waals surface area (Å²) in [5, 5.41) is 0.732. The van der Waals surface area contributed by atoms with Gasteiger partial charge >= 0.3 is 0 Å². The fourth-order valence-corrected chi connectivity index (χ4v) is 5.92. The highest BCUT2D eigenvalue weighted by Crippen LogP contribution is 2.35. The lowest BCUT2D eigenvalue weighted by Gasteiger charge is -2.25. The van der Waals surface area contributed by atoms with Crippen LogP contribution < -0.4 is 4.90 Å². The van der Waals surface area contributed by atoms with Crippen LogP contribution in [0.1, 0.15) is 6.92 Å². The first-order chi connectivity index (χ1) is 9.43. The van der Waals surface area contributed by atoms with E-state index in [1.807, 2.05) is 41.0 Å². The average Bonchev–Trinajstić information content (AvgIpc) is 2.78. The minimum Gasteiger partial charge on any atom is -0.343 e. The molecule has 3 rings (SSSR count). The van der Waals surface area contributed by atoms with Crippen molar-refractivity contribution in [2.75, 3.05) is 23.0 Å². The fraction of sp³-hybridized carbons (Fsp3) is 0.462. The molecule has 2 heterocycles. The van der Waals surface area contributed by atoms with Crippen LogP contribution in [0, 0.1) is 0 Å². The van der Waals surface area contributed by atoms with Crippen molar-refractivity contribution in [2.45, 2.75) is 19.0 Å². The van der Waals surface area contributed by atoms with Gasteiger partial charge in [-0.25, -0.2) is 8.42 Å². The van der Waals surface area contributed by atoms with Crippen LogP contribution in [0.15, 0.2) is 28.7 Å². The van der Waals surface area contributed by atoms with Crippen molar-refractivity contribution in [2.24, 2.45) is 0 Å². The Morgan fingerprint density at radius 1 is 1.35 bits per heavy atom. The Labute approximate surface area is 132 Å². The van der Waals surface area contributed by atoms with Crippen LogP contribution in [0.2, 0.25) is 0 Å². The topological polar surface area (TPSA) is 40.6 Å². The van der Waals surface area contributed by atoms with E-state index in [1.54, 1.807) is 0 Å².